The predicted octanol–water partition coefficient (Wildman–Crippen LogP) is 1.26. The Morgan fingerprint density at radius 3 is 2.17 bits per heavy atom. The summed E-state index contributed by atoms with van der Waals surface area (Å²) in [6.45, 7) is 1.50. The Morgan fingerprint density at radius 2 is 1.65 bits per heavy atom. The van der Waals surface area contributed by atoms with Gasteiger partial charge in [-0.2, -0.15) is 11.8 Å². The van der Waals surface area contributed by atoms with Gasteiger partial charge in [0.15, 0.2) is 9.84 Å². The Kier molecular flexibility index (Phi) is 7.72. The summed E-state index contributed by atoms with van der Waals surface area (Å²) in [5.74, 6) is 0.561. The van der Waals surface area contributed by atoms with Gasteiger partial charge in [-0.05, 0) is 31.0 Å². The molecule has 9 heteroatoms. The van der Waals surface area contributed by atoms with Crippen LogP contribution in [-0.2, 0) is 31.2 Å². The van der Waals surface area contributed by atoms with Gasteiger partial charge in [0.05, 0.1) is 20.8 Å². The highest BCUT2D eigenvalue weighted by Gasteiger charge is 2.14. The van der Waals surface area contributed by atoms with E-state index in [2.05, 4.69) is 0 Å². The van der Waals surface area contributed by atoms with Gasteiger partial charge in [-0.3, -0.25) is 4.79 Å². The molecule has 0 saturated carbocycles. The highest BCUT2D eigenvalue weighted by molar-refractivity contribution is 8.00. The summed E-state index contributed by atoms with van der Waals surface area (Å²) in [5, 5.41) is 0. The van der Waals surface area contributed by atoms with Crippen LogP contribution in [0.5, 0.6) is 0 Å². The largest absolute Gasteiger partial charge is 0.748 e. The molecule has 130 valence electrons. The molecule has 0 aromatic heterocycles. The first-order valence-electron chi connectivity index (χ1n) is 6.92. The number of hydrogen-bond acceptors (Lipinski definition) is 7. The Bertz CT molecular complexity index is 720. The first-order valence-corrected chi connectivity index (χ1v) is 11.3. The Labute approximate surface area is 141 Å². The molecule has 0 fully saturated rings. The summed E-state index contributed by atoms with van der Waals surface area (Å²) in [5.41, 5.74) is 0.596. The van der Waals surface area contributed by atoms with E-state index < -0.39 is 25.7 Å². The average molecular weight is 380 g/mol. The summed E-state index contributed by atoms with van der Waals surface area (Å²) in [4.78, 5) is 10.9. The molecule has 0 atom stereocenters. The van der Waals surface area contributed by atoms with Crippen molar-refractivity contribution in [3.8, 4) is 0 Å². The van der Waals surface area contributed by atoms with Gasteiger partial charge in [0, 0.05) is 23.7 Å². The maximum Gasteiger partial charge on any atom is 0.179 e. The van der Waals surface area contributed by atoms with E-state index in [0.717, 1.165) is 0 Å². The van der Waals surface area contributed by atoms with Crippen LogP contribution in [0.1, 0.15) is 18.9 Å². The van der Waals surface area contributed by atoms with Crippen molar-refractivity contribution in [3.63, 3.8) is 0 Å². The lowest BCUT2D eigenvalue weighted by atomic mass is 10.2. The van der Waals surface area contributed by atoms with Crippen LogP contribution < -0.4 is 0 Å². The molecular formula is C14H19O6S3-. The second-order valence-corrected chi connectivity index (χ2v) is 9.90. The van der Waals surface area contributed by atoms with E-state index in [1.54, 1.807) is 0 Å². The minimum absolute atomic E-state index is 0.0240. The number of Topliss-reactive ketones (excluding diaryl/α,β-unsaturated/α-hetero) is 1. The molecule has 0 saturated heterocycles. The predicted molar refractivity (Wildman–Crippen MR) is 89.4 cm³/mol. The second kappa shape index (κ2) is 8.81. The zero-order valence-corrected chi connectivity index (χ0v) is 15.2. The normalized spacial score (nSPS) is 12.3. The molecule has 23 heavy (non-hydrogen) atoms. The monoisotopic (exact) mass is 379 g/mol. The van der Waals surface area contributed by atoms with Crippen molar-refractivity contribution in [3.05, 3.63) is 29.8 Å². The molecule has 1 aromatic carbocycles. The summed E-state index contributed by atoms with van der Waals surface area (Å²) in [6.07, 6.45) is 0.495. The molecule has 0 bridgehead atoms. The van der Waals surface area contributed by atoms with Crippen molar-refractivity contribution in [2.45, 2.75) is 24.7 Å². The first kappa shape index (κ1) is 20.1. The fourth-order valence-corrected chi connectivity index (χ4v) is 4.97. The Balaban J connectivity index is 2.55. The van der Waals surface area contributed by atoms with Crippen LogP contribution in [0.3, 0.4) is 0 Å². The number of aryl methyl sites for hydroxylation is 1. The minimum atomic E-state index is -4.28. The van der Waals surface area contributed by atoms with E-state index in [1.165, 1.54) is 43.0 Å². The number of thioether (sulfide) groups is 1. The molecular weight excluding hydrogens is 360 g/mol. The van der Waals surface area contributed by atoms with Crippen molar-refractivity contribution in [2.24, 2.45) is 0 Å². The van der Waals surface area contributed by atoms with E-state index in [4.69, 9.17) is 0 Å². The third-order valence-electron chi connectivity index (χ3n) is 3.02. The number of ketones is 1. The van der Waals surface area contributed by atoms with E-state index in [-0.39, 0.29) is 22.9 Å². The Hall–Kier alpha value is -0.900. The van der Waals surface area contributed by atoms with Crippen LogP contribution in [-0.4, -0.2) is 50.2 Å². The summed E-state index contributed by atoms with van der Waals surface area (Å²) < 4.78 is 56.0. The SMILES string of the molecule is CC(=O)CCSCCS(=O)(=O)c1ccc(CCS(=O)(=O)[O-])cc1. The summed E-state index contributed by atoms with van der Waals surface area (Å²) >= 11 is 1.42. The average Bonchev–Trinajstić information content (AvgIpc) is 2.44. The smallest absolute Gasteiger partial charge is 0.179 e. The van der Waals surface area contributed by atoms with Gasteiger partial charge >= 0.3 is 0 Å². The van der Waals surface area contributed by atoms with Crippen LogP contribution in [0.2, 0.25) is 0 Å². The quantitative estimate of drug-likeness (QED) is 0.445. The standard InChI is InChI=1S/C14H20O6S3/c1-12(15)6-8-21-9-11-22(16,17)14-4-2-13(3-5-14)7-10-23(18,19)20/h2-5H,6-11H2,1H3,(H,18,19,20)/p-1. The maximum atomic E-state index is 12.1. The summed E-state index contributed by atoms with van der Waals surface area (Å²) in [7, 11) is -7.69. The van der Waals surface area contributed by atoms with Crippen LogP contribution >= 0.6 is 11.8 Å². The number of rotatable bonds is 10. The fourth-order valence-electron chi connectivity index (χ4n) is 1.71. The highest BCUT2D eigenvalue weighted by atomic mass is 32.2. The van der Waals surface area contributed by atoms with Gasteiger partial charge < -0.3 is 4.55 Å². The zero-order valence-electron chi connectivity index (χ0n) is 12.7. The van der Waals surface area contributed by atoms with Crippen molar-refractivity contribution in [1.29, 1.82) is 0 Å². The molecule has 1 rings (SSSR count). The number of sulfone groups is 1. The molecule has 0 heterocycles. The molecule has 0 amide bonds. The van der Waals surface area contributed by atoms with Gasteiger partial charge in [0.1, 0.15) is 5.78 Å². The number of benzene rings is 1. The van der Waals surface area contributed by atoms with E-state index in [0.29, 0.717) is 23.5 Å². The summed E-state index contributed by atoms with van der Waals surface area (Å²) in [6, 6.07) is 5.87. The first-order chi connectivity index (χ1) is 10.6. The molecule has 0 radical (unpaired) electrons. The molecule has 0 spiro atoms. The molecule has 0 aliphatic rings. The van der Waals surface area contributed by atoms with E-state index >= 15 is 0 Å². The van der Waals surface area contributed by atoms with E-state index in [9.17, 15) is 26.2 Å². The third-order valence-corrected chi connectivity index (χ3v) is 6.70. The van der Waals surface area contributed by atoms with Gasteiger partial charge in [0.25, 0.3) is 0 Å². The molecule has 0 unspecified atom stereocenters. The van der Waals surface area contributed by atoms with Crippen molar-refractivity contribution < 1.29 is 26.2 Å². The highest BCUT2D eigenvalue weighted by Crippen LogP contribution is 2.15. The van der Waals surface area contributed by atoms with Crippen LogP contribution in [0, 0.1) is 0 Å². The number of carbonyl (C=O) groups is 1. The van der Waals surface area contributed by atoms with Crippen LogP contribution in [0.4, 0.5) is 0 Å². The van der Waals surface area contributed by atoms with Crippen LogP contribution in [0.15, 0.2) is 29.2 Å². The maximum absolute atomic E-state index is 12.1. The zero-order chi connectivity index (χ0) is 17.5. The van der Waals surface area contributed by atoms with Crippen molar-refractivity contribution >= 4 is 37.5 Å². The third kappa shape index (κ3) is 8.50. The molecule has 1 aromatic rings. The molecule has 0 aliphatic heterocycles. The number of carbonyl (C=O) groups excluding carboxylic acids is 1. The van der Waals surface area contributed by atoms with Crippen molar-refractivity contribution in [1.82, 2.24) is 0 Å². The molecule has 6 nitrogen and oxygen atoms in total. The lowest BCUT2D eigenvalue weighted by Crippen LogP contribution is -2.10. The topological polar surface area (TPSA) is 108 Å². The van der Waals surface area contributed by atoms with Crippen molar-refractivity contribution in [2.75, 3.05) is 23.0 Å². The van der Waals surface area contributed by atoms with Gasteiger partial charge in [0.2, 0.25) is 0 Å². The number of hydrogen-bond donors (Lipinski definition) is 0. The van der Waals surface area contributed by atoms with Gasteiger partial charge in [-0.1, -0.05) is 12.1 Å². The minimum Gasteiger partial charge on any atom is -0.748 e. The lowest BCUT2D eigenvalue weighted by molar-refractivity contribution is -0.116. The van der Waals surface area contributed by atoms with Gasteiger partial charge in [-0.25, -0.2) is 16.8 Å². The fraction of sp³-hybridized carbons (Fsp3) is 0.500. The molecule has 0 aliphatic carbocycles. The molecule has 0 N–H and O–H groups in total. The lowest BCUT2D eigenvalue weighted by Gasteiger charge is -2.08. The second-order valence-electron chi connectivity index (χ2n) is 5.04. The Morgan fingerprint density at radius 1 is 1.04 bits per heavy atom. The van der Waals surface area contributed by atoms with Crippen LogP contribution in [0.25, 0.3) is 0 Å². The van der Waals surface area contributed by atoms with Gasteiger partial charge in [-0.15, -0.1) is 0 Å². The van der Waals surface area contributed by atoms with E-state index in [1.807, 2.05) is 0 Å².